The van der Waals surface area contributed by atoms with Gasteiger partial charge in [0.2, 0.25) is 0 Å². The van der Waals surface area contributed by atoms with Crippen LogP contribution in [-0.4, -0.2) is 23.3 Å². The highest BCUT2D eigenvalue weighted by atomic mass is 16.6. The molecule has 0 saturated heterocycles. The molecule has 1 aliphatic rings. The maximum atomic E-state index is 11.8. The third kappa shape index (κ3) is 2.82. The molecule has 0 aliphatic heterocycles. The average molecular weight is 242 g/mol. The Morgan fingerprint density at radius 3 is 2.24 bits per heavy atom. The smallest absolute Gasteiger partial charge is 0.306 e. The van der Waals surface area contributed by atoms with Crippen molar-refractivity contribution >= 4 is 5.97 Å². The van der Waals surface area contributed by atoms with Crippen molar-refractivity contribution in [3.63, 3.8) is 0 Å². The second-order valence-corrected chi connectivity index (χ2v) is 7.15. The fraction of sp³-hybridized carbons (Fsp3) is 0.929. The molecule has 0 heterocycles. The summed E-state index contributed by atoms with van der Waals surface area (Å²) in [5.74, 6) is 0.0787. The Hall–Kier alpha value is -0.570. The second kappa shape index (κ2) is 4.27. The predicted octanol–water partition coefficient (Wildman–Crippen LogP) is 2.76. The summed E-state index contributed by atoms with van der Waals surface area (Å²) in [6.07, 6.45) is 1.39. The number of ether oxygens (including phenoxy) is 1. The van der Waals surface area contributed by atoms with Gasteiger partial charge in [0.15, 0.2) is 0 Å². The van der Waals surface area contributed by atoms with Gasteiger partial charge in [-0.15, -0.1) is 0 Å². The van der Waals surface area contributed by atoms with Gasteiger partial charge in [0.05, 0.1) is 0 Å². The molecule has 3 heteroatoms. The molecule has 1 unspecified atom stereocenters. The number of rotatable bonds is 3. The zero-order valence-corrected chi connectivity index (χ0v) is 12.0. The first kappa shape index (κ1) is 14.5. The van der Waals surface area contributed by atoms with Crippen LogP contribution in [0.15, 0.2) is 0 Å². The van der Waals surface area contributed by atoms with Gasteiger partial charge in [-0.2, -0.15) is 0 Å². The number of hydrogen-bond acceptors (Lipinski definition) is 3. The van der Waals surface area contributed by atoms with Crippen LogP contribution in [0.5, 0.6) is 0 Å². The first-order chi connectivity index (χ1) is 7.52. The van der Waals surface area contributed by atoms with Crippen LogP contribution in [0, 0.1) is 16.7 Å². The molecule has 2 atom stereocenters. The number of esters is 1. The Labute approximate surface area is 105 Å². The fourth-order valence-corrected chi connectivity index (χ4v) is 2.72. The number of carbonyl (C=O) groups excluding carboxylic acids is 1. The molecular formula is C14H26O3. The Balaban J connectivity index is 2.58. The minimum atomic E-state index is -0.425. The van der Waals surface area contributed by atoms with Gasteiger partial charge in [-0.05, 0) is 43.9 Å². The molecule has 1 saturated carbocycles. The molecule has 1 aliphatic carbocycles. The monoisotopic (exact) mass is 242 g/mol. The van der Waals surface area contributed by atoms with Crippen molar-refractivity contribution in [2.75, 3.05) is 6.61 Å². The molecule has 0 radical (unpaired) electrons. The van der Waals surface area contributed by atoms with Gasteiger partial charge in [0.1, 0.15) is 5.60 Å². The molecule has 0 bridgehead atoms. The lowest BCUT2D eigenvalue weighted by atomic mass is 9.45. The van der Waals surface area contributed by atoms with E-state index < -0.39 is 5.60 Å². The summed E-state index contributed by atoms with van der Waals surface area (Å²) < 4.78 is 5.33. The number of aliphatic hydroxyl groups is 1. The van der Waals surface area contributed by atoms with E-state index in [9.17, 15) is 9.90 Å². The third-order valence-corrected chi connectivity index (χ3v) is 4.37. The summed E-state index contributed by atoms with van der Waals surface area (Å²) in [7, 11) is 0. The molecule has 1 N–H and O–H groups in total. The zero-order valence-electron chi connectivity index (χ0n) is 12.0. The number of aliphatic hydroxyl groups excluding tert-OH is 1. The van der Waals surface area contributed by atoms with Crippen LogP contribution < -0.4 is 0 Å². The van der Waals surface area contributed by atoms with Crippen molar-refractivity contribution in [1.82, 2.24) is 0 Å². The highest BCUT2D eigenvalue weighted by Crippen LogP contribution is 2.61. The van der Waals surface area contributed by atoms with Crippen LogP contribution in [0.25, 0.3) is 0 Å². The van der Waals surface area contributed by atoms with Gasteiger partial charge >= 0.3 is 5.97 Å². The molecule has 1 fully saturated rings. The van der Waals surface area contributed by atoms with Crippen molar-refractivity contribution in [1.29, 1.82) is 0 Å². The quantitative estimate of drug-likeness (QED) is 0.774. The number of hydrogen-bond donors (Lipinski definition) is 1. The largest absolute Gasteiger partial charge is 0.460 e. The molecule has 0 aromatic heterocycles. The van der Waals surface area contributed by atoms with Gasteiger partial charge in [-0.3, -0.25) is 4.79 Å². The fourth-order valence-electron chi connectivity index (χ4n) is 2.72. The molecule has 0 aromatic rings. The van der Waals surface area contributed by atoms with E-state index in [-0.39, 0.29) is 29.3 Å². The lowest BCUT2D eigenvalue weighted by Gasteiger charge is -2.59. The molecule has 3 nitrogen and oxygen atoms in total. The first-order valence-corrected chi connectivity index (χ1v) is 6.34. The summed E-state index contributed by atoms with van der Waals surface area (Å²) in [4.78, 5) is 11.8. The second-order valence-electron chi connectivity index (χ2n) is 7.15. The van der Waals surface area contributed by atoms with Gasteiger partial charge in [-0.25, -0.2) is 0 Å². The van der Waals surface area contributed by atoms with E-state index in [0.717, 1.165) is 6.42 Å². The molecular weight excluding hydrogens is 216 g/mol. The Morgan fingerprint density at radius 2 is 1.88 bits per heavy atom. The van der Waals surface area contributed by atoms with E-state index in [0.29, 0.717) is 6.42 Å². The lowest BCUT2D eigenvalue weighted by Crippen LogP contribution is -2.56. The zero-order chi connectivity index (χ0) is 13.5. The van der Waals surface area contributed by atoms with E-state index in [2.05, 4.69) is 20.8 Å². The van der Waals surface area contributed by atoms with Gasteiger partial charge < -0.3 is 9.84 Å². The Kier molecular flexibility index (Phi) is 3.64. The summed E-state index contributed by atoms with van der Waals surface area (Å²) >= 11 is 0. The van der Waals surface area contributed by atoms with Crippen LogP contribution in [0.3, 0.4) is 0 Å². The molecule has 0 amide bonds. The van der Waals surface area contributed by atoms with Gasteiger partial charge in [0, 0.05) is 13.0 Å². The van der Waals surface area contributed by atoms with Crippen molar-refractivity contribution < 1.29 is 14.6 Å². The van der Waals surface area contributed by atoms with Crippen LogP contribution in [0.2, 0.25) is 0 Å². The average Bonchev–Trinajstić information content (AvgIpc) is 2.12. The van der Waals surface area contributed by atoms with E-state index in [1.54, 1.807) is 0 Å². The topological polar surface area (TPSA) is 46.5 Å². The maximum absolute atomic E-state index is 11.8. The molecule has 17 heavy (non-hydrogen) atoms. The molecule has 1 rings (SSSR count). The highest BCUT2D eigenvalue weighted by Gasteiger charge is 2.57. The normalized spacial score (nSPS) is 31.8. The molecule has 100 valence electrons. The summed E-state index contributed by atoms with van der Waals surface area (Å²) in [6, 6.07) is 0. The van der Waals surface area contributed by atoms with Crippen molar-refractivity contribution in [3.8, 4) is 0 Å². The van der Waals surface area contributed by atoms with Crippen molar-refractivity contribution in [3.05, 3.63) is 0 Å². The van der Waals surface area contributed by atoms with Crippen LogP contribution >= 0.6 is 0 Å². The Morgan fingerprint density at radius 1 is 1.35 bits per heavy atom. The number of carbonyl (C=O) groups is 1. The molecule has 0 spiro atoms. The van der Waals surface area contributed by atoms with Gasteiger partial charge in [-0.1, -0.05) is 20.8 Å². The predicted molar refractivity (Wildman–Crippen MR) is 67.5 cm³/mol. The maximum Gasteiger partial charge on any atom is 0.306 e. The summed E-state index contributed by atoms with van der Waals surface area (Å²) in [6.45, 7) is 12.1. The van der Waals surface area contributed by atoms with Crippen molar-refractivity contribution in [2.24, 2.45) is 16.7 Å². The van der Waals surface area contributed by atoms with E-state index >= 15 is 0 Å². The first-order valence-electron chi connectivity index (χ1n) is 6.34. The lowest BCUT2D eigenvalue weighted by molar-refractivity contribution is -0.173. The summed E-state index contributed by atoms with van der Waals surface area (Å²) in [5, 5.41) is 9.54. The van der Waals surface area contributed by atoms with Crippen LogP contribution in [0.4, 0.5) is 0 Å². The standard InChI is InChI=1S/C14H26O3/c1-12(2,3)17-11(16)7-10-8-13(4,5)14(10,6)9-15/h10,15H,7-9H2,1-6H3/t10?,14-/m0/s1. The van der Waals surface area contributed by atoms with Crippen LogP contribution in [0.1, 0.15) is 54.4 Å². The van der Waals surface area contributed by atoms with Crippen molar-refractivity contribution in [2.45, 2.75) is 60.0 Å². The van der Waals surface area contributed by atoms with Crippen LogP contribution in [-0.2, 0) is 9.53 Å². The SMILES string of the molecule is CC(C)(C)OC(=O)CC1CC(C)(C)[C@@]1(C)CO. The highest BCUT2D eigenvalue weighted by molar-refractivity contribution is 5.70. The minimum absolute atomic E-state index is 0.106. The minimum Gasteiger partial charge on any atom is -0.460 e. The van der Waals surface area contributed by atoms with E-state index in [4.69, 9.17) is 4.74 Å². The summed E-state index contributed by atoms with van der Waals surface area (Å²) in [5.41, 5.74) is -0.482. The van der Waals surface area contributed by atoms with Gasteiger partial charge in [0.25, 0.3) is 0 Å². The molecule has 0 aromatic carbocycles. The van der Waals surface area contributed by atoms with E-state index in [1.807, 2.05) is 20.8 Å². The third-order valence-electron chi connectivity index (χ3n) is 4.37. The Bertz CT molecular complexity index is 301. The van der Waals surface area contributed by atoms with E-state index in [1.165, 1.54) is 0 Å².